The van der Waals surface area contributed by atoms with Crippen LogP contribution in [0.1, 0.15) is 36.7 Å². The van der Waals surface area contributed by atoms with E-state index in [2.05, 4.69) is 60.1 Å². The number of nitrogens with zero attached hydrogens (tertiary/aromatic N) is 2. The second-order valence-corrected chi connectivity index (χ2v) is 6.38. The third-order valence-corrected chi connectivity index (χ3v) is 4.47. The zero-order valence-corrected chi connectivity index (χ0v) is 15.3. The number of ether oxygens (including phenoxy) is 1. The summed E-state index contributed by atoms with van der Waals surface area (Å²) in [6, 6.07) is 16.9. The van der Waals surface area contributed by atoms with Gasteiger partial charge in [-0.05, 0) is 32.9 Å². The molecule has 0 saturated heterocycles. The fraction of sp³-hybridized carbons (Fsp3) is 0.286. The van der Waals surface area contributed by atoms with E-state index in [4.69, 9.17) is 4.74 Å². The third kappa shape index (κ3) is 3.38. The van der Waals surface area contributed by atoms with Gasteiger partial charge in [0.15, 0.2) is 0 Å². The lowest BCUT2D eigenvalue weighted by atomic mass is 10.1. The molecule has 0 aliphatic heterocycles. The fourth-order valence-corrected chi connectivity index (χ4v) is 3.34. The summed E-state index contributed by atoms with van der Waals surface area (Å²) >= 11 is 0. The van der Waals surface area contributed by atoms with Crippen molar-refractivity contribution in [3.05, 3.63) is 65.4 Å². The van der Waals surface area contributed by atoms with Gasteiger partial charge in [0.2, 0.25) is 0 Å². The summed E-state index contributed by atoms with van der Waals surface area (Å²) in [5.74, 6) is 0.873. The Morgan fingerprint density at radius 3 is 2.60 bits per heavy atom. The van der Waals surface area contributed by atoms with Crippen LogP contribution in [-0.4, -0.2) is 17.9 Å². The number of rotatable bonds is 6. The lowest BCUT2D eigenvalue weighted by Gasteiger charge is -2.12. The van der Waals surface area contributed by atoms with E-state index in [1.54, 1.807) is 7.11 Å². The molecule has 3 rings (SSSR count). The molecule has 1 aromatic heterocycles. The average molecular weight is 335 g/mol. The summed E-state index contributed by atoms with van der Waals surface area (Å²) in [6.45, 7) is 7.20. The Morgan fingerprint density at radius 1 is 1.12 bits per heavy atom. The van der Waals surface area contributed by atoms with Crippen LogP contribution in [0, 0.1) is 6.92 Å². The Kier molecular flexibility index (Phi) is 5.08. The van der Waals surface area contributed by atoms with E-state index < -0.39 is 0 Å². The molecule has 1 heterocycles. The van der Waals surface area contributed by atoms with Gasteiger partial charge in [-0.25, -0.2) is 0 Å². The number of aromatic nitrogens is 1. The lowest BCUT2D eigenvalue weighted by Crippen LogP contribution is -2.07. The van der Waals surface area contributed by atoms with Gasteiger partial charge >= 0.3 is 0 Å². The molecule has 1 N–H and O–H groups in total. The van der Waals surface area contributed by atoms with E-state index in [-0.39, 0.29) is 0 Å². The molecule has 0 bridgehead atoms. The molecule has 0 aliphatic carbocycles. The van der Waals surface area contributed by atoms with Gasteiger partial charge in [-0.1, -0.05) is 36.4 Å². The summed E-state index contributed by atoms with van der Waals surface area (Å²) in [5.41, 5.74) is 7.87. The molecule has 0 unspecified atom stereocenters. The minimum atomic E-state index is 0.411. The molecule has 3 aromatic rings. The van der Waals surface area contributed by atoms with Crippen LogP contribution in [0.5, 0.6) is 5.75 Å². The highest BCUT2D eigenvalue weighted by Crippen LogP contribution is 2.27. The second-order valence-electron chi connectivity index (χ2n) is 6.38. The Bertz CT molecular complexity index is 893. The molecule has 0 amide bonds. The number of nitrogens with one attached hydrogen (secondary N) is 1. The van der Waals surface area contributed by atoms with Gasteiger partial charge in [0, 0.05) is 33.8 Å². The van der Waals surface area contributed by atoms with Gasteiger partial charge in [-0.2, -0.15) is 5.10 Å². The highest BCUT2D eigenvalue weighted by molar-refractivity contribution is 6.01. The number of para-hydroxylation sites is 2. The van der Waals surface area contributed by atoms with Gasteiger partial charge in [-0.3, -0.25) is 0 Å². The molecule has 2 aromatic carbocycles. The predicted molar refractivity (Wildman–Crippen MR) is 104 cm³/mol. The highest BCUT2D eigenvalue weighted by Gasteiger charge is 2.13. The minimum Gasteiger partial charge on any atom is -0.496 e. The second kappa shape index (κ2) is 7.43. The Labute approximate surface area is 149 Å². The number of benzene rings is 2. The highest BCUT2D eigenvalue weighted by atomic mass is 16.5. The van der Waals surface area contributed by atoms with Crippen molar-refractivity contribution in [3.63, 3.8) is 0 Å². The Balaban J connectivity index is 1.83. The van der Waals surface area contributed by atoms with Gasteiger partial charge in [0.25, 0.3) is 0 Å². The Hall–Kier alpha value is -2.75. The maximum atomic E-state index is 5.37. The first-order chi connectivity index (χ1) is 12.1. The molecule has 130 valence electrons. The van der Waals surface area contributed by atoms with E-state index >= 15 is 0 Å². The smallest absolute Gasteiger partial charge is 0.123 e. The molecule has 0 fully saturated rings. The number of hydrogen-bond acceptors (Lipinski definition) is 3. The zero-order valence-electron chi connectivity index (χ0n) is 15.3. The monoisotopic (exact) mass is 335 g/mol. The number of hydrogen-bond donors (Lipinski definition) is 1. The first-order valence-corrected chi connectivity index (χ1v) is 8.60. The first kappa shape index (κ1) is 17.1. The van der Waals surface area contributed by atoms with E-state index in [1.165, 1.54) is 16.6 Å². The molecule has 0 radical (unpaired) electrons. The number of fused-ring (bicyclic) bond motifs is 1. The van der Waals surface area contributed by atoms with Gasteiger partial charge < -0.3 is 14.7 Å². The number of hydrazone groups is 1. The average Bonchev–Trinajstić information content (AvgIpc) is 2.90. The van der Waals surface area contributed by atoms with Crippen molar-refractivity contribution in [3.8, 4) is 5.75 Å². The molecular formula is C21H25N3O. The van der Waals surface area contributed by atoms with Crippen LogP contribution >= 0.6 is 0 Å². The van der Waals surface area contributed by atoms with Crippen LogP contribution in [0.25, 0.3) is 10.9 Å². The van der Waals surface area contributed by atoms with Crippen molar-refractivity contribution in [2.45, 2.75) is 33.4 Å². The van der Waals surface area contributed by atoms with Crippen LogP contribution in [0.3, 0.4) is 0 Å². The van der Waals surface area contributed by atoms with Crippen molar-refractivity contribution in [2.24, 2.45) is 5.10 Å². The summed E-state index contributed by atoms with van der Waals surface area (Å²) < 4.78 is 7.73. The maximum Gasteiger partial charge on any atom is 0.123 e. The summed E-state index contributed by atoms with van der Waals surface area (Å²) in [6.07, 6.45) is 1.92. The van der Waals surface area contributed by atoms with Crippen molar-refractivity contribution in [2.75, 3.05) is 7.11 Å². The van der Waals surface area contributed by atoms with Gasteiger partial charge in [-0.15, -0.1) is 0 Å². The first-order valence-electron chi connectivity index (χ1n) is 8.60. The normalized spacial score (nSPS) is 11.6. The summed E-state index contributed by atoms with van der Waals surface area (Å²) in [4.78, 5) is 0. The van der Waals surface area contributed by atoms with Crippen molar-refractivity contribution in [1.29, 1.82) is 0 Å². The van der Waals surface area contributed by atoms with Crippen LogP contribution in [0.2, 0.25) is 0 Å². The summed E-state index contributed by atoms with van der Waals surface area (Å²) in [7, 11) is 1.69. The van der Waals surface area contributed by atoms with Crippen molar-refractivity contribution < 1.29 is 4.74 Å². The van der Waals surface area contributed by atoms with E-state index in [1.807, 2.05) is 30.5 Å². The SMILES string of the molecule is COc1ccccc1CN/N=C\c1c(C)n(C(C)C)c2ccccc12. The van der Waals surface area contributed by atoms with E-state index in [9.17, 15) is 0 Å². The molecule has 0 spiro atoms. The standard InChI is InChI=1S/C21H25N3O/c1-15(2)24-16(3)19(18-10-6-7-11-20(18)24)14-23-22-13-17-9-5-8-12-21(17)25-4/h5-12,14-15,22H,13H2,1-4H3/b23-14-. The van der Waals surface area contributed by atoms with Crippen LogP contribution in [0.4, 0.5) is 0 Å². The molecule has 0 aliphatic rings. The number of methoxy groups -OCH3 is 1. The fourth-order valence-electron chi connectivity index (χ4n) is 3.34. The van der Waals surface area contributed by atoms with Crippen LogP contribution < -0.4 is 10.2 Å². The van der Waals surface area contributed by atoms with Gasteiger partial charge in [0.1, 0.15) is 5.75 Å². The largest absolute Gasteiger partial charge is 0.496 e. The maximum absolute atomic E-state index is 5.37. The van der Waals surface area contributed by atoms with Crippen LogP contribution in [0.15, 0.2) is 53.6 Å². The molecule has 0 atom stereocenters. The molecule has 0 saturated carbocycles. The van der Waals surface area contributed by atoms with Crippen molar-refractivity contribution >= 4 is 17.1 Å². The quantitative estimate of drug-likeness (QED) is 0.525. The van der Waals surface area contributed by atoms with E-state index in [0.29, 0.717) is 12.6 Å². The molecule has 25 heavy (non-hydrogen) atoms. The van der Waals surface area contributed by atoms with Crippen molar-refractivity contribution in [1.82, 2.24) is 9.99 Å². The molecule has 4 heteroatoms. The predicted octanol–water partition coefficient (Wildman–Crippen LogP) is 4.66. The Morgan fingerprint density at radius 2 is 1.84 bits per heavy atom. The van der Waals surface area contributed by atoms with E-state index in [0.717, 1.165) is 16.9 Å². The zero-order chi connectivity index (χ0) is 17.8. The minimum absolute atomic E-state index is 0.411. The van der Waals surface area contributed by atoms with Gasteiger partial charge in [0.05, 0.1) is 19.9 Å². The molecular weight excluding hydrogens is 310 g/mol. The van der Waals surface area contributed by atoms with Crippen LogP contribution in [-0.2, 0) is 6.54 Å². The molecule has 4 nitrogen and oxygen atoms in total. The lowest BCUT2D eigenvalue weighted by molar-refractivity contribution is 0.408. The third-order valence-electron chi connectivity index (χ3n) is 4.47. The summed E-state index contributed by atoms with van der Waals surface area (Å²) in [5, 5.41) is 5.68. The topological polar surface area (TPSA) is 38.5 Å².